The zero-order valence-electron chi connectivity index (χ0n) is 11.3. The fraction of sp³-hybridized carbons (Fsp3) is 0.500. The molecule has 0 aromatic carbocycles. The summed E-state index contributed by atoms with van der Waals surface area (Å²) in [7, 11) is 1.52. The van der Waals surface area contributed by atoms with Gasteiger partial charge in [-0.15, -0.1) is 11.3 Å². The molecule has 1 aromatic rings. The van der Waals surface area contributed by atoms with Crippen LogP contribution in [-0.4, -0.2) is 65.2 Å². The summed E-state index contributed by atoms with van der Waals surface area (Å²) in [5.41, 5.74) is 1.97. The first-order valence-electron chi connectivity index (χ1n) is 6.21. The van der Waals surface area contributed by atoms with Crippen molar-refractivity contribution in [2.45, 2.75) is 13.0 Å². The topological polar surface area (TPSA) is 82.6 Å². The second-order valence-electron chi connectivity index (χ2n) is 4.47. The van der Waals surface area contributed by atoms with Crippen LogP contribution in [0.2, 0.25) is 0 Å². The first-order chi connectivity index (χ1) is 9.54. The smallest absolute Gasteiger partial charge is 0.273 e. The van der Waals surface area contributed by atoms with E-state index >= 15 is 0 Å². The number of likely N-dealkylation sites (N-methyl/N-ethyl adjacent to an activating group) is 1. The standard InChI is InChI=1S/C12H16N4O3S/c1-8(17)16-4-3-15(5-10(16)11(18)13-2)12(19)9-6-20-7-14-9/h6-7,10H,3-5H2,1-2H3,(H,13,18). The first kappa shape index (κ1) is 14.4. The third-order valence-corrected chi connectivity index (χ3v) is 3.86. The fourth-order valence-corrected chi connectivity index (χ4v) is 2.74. The van der Waals surface area contributed by atoms with Crippen LogP contribution >= 0.6 is 11.3 Å². The van der Waals surface area contributed by atoms with Gasteiger partial charge in [-0.05, 0) is 0 Å². The third kappa shape index (κ3) is 2.79. The molecule has 0 saturated carbocycles. The average molecular weight is 296 g/mol. The number of thiazole rings is 1. The summed E-state index contributed by atoms with van der Waals surface area (Å²) >= 11 is 1.35. The van der Waals surface area contributed by atoms with Crippen molar-refractivity contribution in [3.63, 3.8) is 0 Å². The number of piperazine rings is 1. The van der Waals surface area contributed by atoms with Gasteiger partial charge in [0.2, 0.25) is 11.8 Å². The van der Waals surface area contributed by atoms with E-state index in [4.69, 9.17) is 0 Å². The number of nitrogens with one attached hydrogen (secondary N) is 1. The molecule has 0 aliphatic carbocycles. The zero-order chi connectivity index (χ0) is 14.7. The second-order valence-corrected chi connectivity index (χ2v) is 5.19. The van der Waals surface area contributed by atoms with Crippen molar-refractivity contribution < 1.29 is 14.4 Å². The Morgan fingerprint density at radius 3 is 2.70 bits per heavy atom. The molecule has 7 nitrogen and oxygen atoms in total. The van der Waals surface area contributed by atoms with Crippen molar-refractivity contribution in [2.75, 3.05) is 26.7 Å². The molecule has 2 heterocycles. The lowest BCUT2D eigenvalue weighted by atomic mass is 10.1. The van der Waals surface area contributed by atoms with Gasteiger partial charge in [-0.2, -0.15) is 0 Å². The second kappa shape index (κ2) is 6.00. The van der Waals surface area contributed by atoms with E-state index in [1.165, 1.54) is 30.2 Å². The van der Waals surface area contributed by atoms with Gasteiger partial charge in [0.1, 0.15) is 11.7 Å². The third-order valence-electron chi connectivity index (χ3n) is 3.27. The van der Waals surface area contributed by atoms with Gasteiger partial charge < -0.3 is 15.1 Å². The molecule has 0 spiro atoms. The van der Waals surface area contributed by atoms with Gasteiger partial charge in [-0.3, -0.25) is 14.4 Å². The van der Waals surface area contributed by atoms with E-state index in [-0.39, 0.29) is 24.3 Å². The summed E-state index contributed by atoms with van der Waals surface area (Å²) < 4.78 is 0. The maximum absolute atomic E-state index is 12.2. The van der Waals surface area contributed by atoms with E-state index in [2.05, 4.69) is 10.3 Å². The van der Waals surface area contributed by atoms with Crippen LogP contribution in [0.1, 0.15) is 17.4 Å². The lowest BCUT2D eigenvalue weighted by Crippen LogP contribution is -2.60. The molecule has 1 N–H and O–H groups in total. The van der Waals surface area contributed by atoms with Crippen molar-refractivity contribution in [1.29, 1.82) is 0 Å². The van der Waals surface area contributed by atoms with E-state index in [0.29, 0.717) is 18.8 Å². The highest BCUT2D eigenvalue weighted by molar-refractivity contribution is 7.07. The van der Waals surface area contributed by atoms with Crippen LogP contribution in [0.15, 0.2) is 10.9 Å². The Kier molecular flexibility index (Phi) is 4.33. The molecule has 2 rings (SSSR count). The van der Waals surface area contributed by atoms with Crippen LogP contribution in [-0.2, 0) is 9.59 Å². The molecular formula is C12H16N4O3S. The van der Waals surface area contributed by atoms with Gasteiger partial charge in [0, 0.05) is 32.4 Å². The van der Waals surface area contributed by atoms with Crippen LogP contribution in [0.4, 0.5) is 0 Å². The lowest BCUT2D eigenvalue weighted by molar-refractivity contribution is -0.141. The molecule has 1 atom stereocenters. The molecule has 1 aliphatic heterocycles. The molecule has 0 bridgehead atoms. The Morgan fingerprint density at radius 2 is 2.15 bits per heavy atom. The monoisotopic (exact) mass is 296 g/mol. The van der Waals surface area contributed by atoms with E-state index in [0.717, 1.165) is 0 Å². The van der Waals surface area contributed by atoms with Crippen molar-refractivity contribution in [1.82, 2.24) is 20.1 Å². The van der Waals surface area contributed by atoms with E-state index in [9.17, 15) is 14.4 Å². The van der Waals surface area contributed by atoms with Crippen molar-refractivity contribution in [3.05, 3.63) is 16.6 Å². The van der Waals surface area contributed by atoms with Gasteiger partial charge in [0.05, 0.1) is 12.1 Å². The molecule has 1 fully saturated rings. The van der Waals surface area contributed by atoms with Crippen LogP contribution in [0.25, 0.3) is 0 Å². The van der Waals surface area contributed by atoms with E-state index < -0.39 is 6.04 Å². The summed E-state index contributed by atoms with van der Waals surface area (Å²) in [6.45, 7) is 2.37. The molecule has 1 aromatic heterocycles. The molecule has 20 heavy (non-hydrogen) atoms. The fourth-order valence-electron chi connectivity index (χ4n) is 2.22. The largest absolute Gasteiger partial charge is 0.357 e. The number of hydrogen-bond acceptors (Lipinski definition) is 5. The predicted molar refractivity (Wildman–Crippen MR) is 73.3 cm³/mol. The van der Waals surface area contributed by atoms with Crippen molar-refractivity contribution >= 4 is 29.1 Å². The van der Waals surface area contributed by atoms with Crippen molar-refractivity contribution in [3.8, 4) is 0 Å². The normalized spacial score (nSPS) is 18.8. The summed E-state index contributed by atoms with van der Waals surface area (Å²) in [6.07, 6.45) is 0. The summed E-state index contributed by atoms with van der Waals surface area (Å²) in [4.78, 5) is 42.7. The number of aromatic nitrogens is 1. The quantitative estimate of drug-likeness (QED) is 0.802. The highest BCUT2D eigenvalue weighted by Crippen LogP contribution is 2.14. The highest BCUT2D eigenvalue weighted by atomic mass is 32.1. The maximum Gasteiger partial charge on any atom is 0.273 e. The van der Waals surface area contributed by atoms with Gasteiger partial charge in [-0.25, -0.2) is 4.98 Å². The Balaban J connectivity index is 2.14. The number of hydrogen-bond donors (Lipinski definition) is 1. The van der Waals surface area contributed by atoms with Crippen LogP contribution in [0.3, 0.4) is 0 Å². The summed E-state index contributed by atoms with van der Waals surface area (Å²) in [6, 6.07) is -0.645. The predicted octanol–water partition coefficient (Wildman–Crippen LogP) is -0.438. The van der Waals surface area contributed by atoms with Crippen LogP contribution in [0.5, 0.6) is 0 Å². The first-order valence-corrected chi connectivity index (χ1v) is 7.15. The summed E-state index contributed by atoms with van der Waals surface area (Å²) in [5.74, 6) is -0.640. The van der Waals surface area contributed by atoms with Crippen LogP contribution < -0.4 is 5.32 Å². The van der Waals surface area contributed by atoms with Crippen LogP contribution in [0, 0.1) is 0 Å². The van der Waals surface area contributed by atoms with E-state index in [1.54, 1.807) is 15.8 Å². The average Bonchev–Trinajstić information content (AvgIpc) is 2.99. The number of amides is 3. The SMILES string of the molecule is CNC(=O)C1CN(C(=O)c2cscn2)CCN1C(C)=O. The minimum Gasteiger partial charge on any atom is -0.357 e. The zero-order valence-corrected chi connectivity index (χ0v) is 12.1. The number of carbonyl (C=O) groups is 3. The van der Waals surface area contributed by atoms with Gasteiger partial charge in [0.15, 0.2) is 0 Å². The Labute approximate surface area is 120 Å². The van der Waals surface area contributed by atoms with E-state index in [1.807, 2.05) is 0 Å². The lowest BCUT2D eigenvalue weighted by Gasteiger charge is -2.39. The number of carbonyl (C=O) groups excluding carboxylic acids is 3. The molecule has 1 aliphatic rings. The molecule has 1 saturated heterocycles. The Bertz CT molecular complexity index is 517. The molecule has 108 valence electrons. The molecule has 0 radical (unpaired) electrons. The Morgan fingerprint density at radius 1 is 1.40 bits per heavy atom. The number of rotatable bonds is 2. The minimum absolute atomic E-state index is 0.167. The molecule has 3 amide bonds. The van der Waals surface area contributed by atoms with Gasteiger partial charge in [0.25, 0.3) is 5.91 Å². The molecular weight excluding hydrogens is 280 g/mol. The molecule has 1 unspecified atom stereocenters. The highest BCUT2D eigenvalue weighted by Gasteiger charge is 2.35. The molecule has 8 heteroatoms. The Hall–Kier alpha value is -1.96. The van der Waals surface area contributed by atoms with Gasteiger partial charge in [-0.1, -0.05) is 0 Å². The summed E-state index contributed by atoms with van der Waals surface area (Å²) in [5, 5.41) is 4.20. The van der Waals surface area contributed by atoms with Gasteiger partial charge >= 0.3 is 0 Å². The van der Waals surface area contributed by atoms with Crippen molar-refractivity contribution in [2.24, 2.45) is 0 Å². The minimum atomic E-state index is -0.645. The maximum atomic E-state index is 12.2. The number of nitrogens with zero attached hydrogens (tertiary/aromatic N) is 3.